The molecule has 8 amide bonds. The maximum Gasteiger partial charge on any atom is 0.524 e. The number of unbranched alkanes of at least 4 members (excludes halogenated alkanes) is 8. The van der Waals surface area contributed by atoms with E-state index in [2.05, 4.69) is 51.9 Å². The molecule has 458 valence electrons. The van der Waals surface area contributed by atoms with Crippen molar-refractivity contribution in [2.24, 2.45) is 23.5 Å². The molecule has 0 bridgehead atoms. The number of aliphatic hydroxyl groups excluding tert-OH is 7. The first-order valence-corrected chi connectivity index (χ1v) is 29.6. The van der Waals surface area contributed by atoms with Crippen LogP contribution in [0.1, 0.15) is 149 Å². The van der Waals surface area contributed by atoms with Crippen LogP contribution in [-0.4, -0.2) is 189 Å². The number of nitrogens with two attached hydrogens (primary N) is 1. The van der Waals surface area contributed by atoms with E-state index in [9.17, 15) is 88.5 Å². The predicted octanol–water partition coefficient (Wildman–Crippen LogP) is -1.52. The number of rotatable bonds is 25. The highest BCUT2D eigenvalue weighted by Gasteiger charge is 2.50. The number of carbonyl (C=O) groups excluding carboxylic acids is 8. The zero-order valence-corrected chi connectivity index (χ0v) is 47.5. The largest absolute Gasteiger partial charge is 0.524 e. The summed E-state index contributed by atoms with van der Waals surface area (Å²) in [6.45, 7) is 6.03. The van der Waals surface area contributed by atoms with E-state index < -0.39 is 179 Å². The zero-order valence-electron chi connectivity index (χ0n) is 46.6. The molecule has 16 N–H and O–H groups in total. The number of nitrogens with one attached hydrogen (secondary N) is 5. The normalized spacial score (nSPS) is 28.0. The fourth-order valence-corrected chi connectivity index (χ4v) is 11.1. The van der Waals surface area contributed by atoms with Crippen LogP contribution in [0, 0.1) is 17.8 Å². The number of nitrogens with zero attached hydrogens (tertiary/aromatic N) is 2. The van der Waals surface area contributed by atoms with Gasteiger partial charge in [-0.1, -0.05) is 110 Å². The molecular weight excluding hydrogens is 1080 g/mol. The van der Waals surface area contributed by atoms with Crippen molar-refractivity contribution >= 4 is 55.1 Å². The molecule has 81 heavy (non-hydrogen) atoms. The Morgan fingerprint density at radius 1 is 0.753 bits per heavy atom. The molecule has 0 saturated carbocycles. The van der Waals surface area contributed by atoms with E-state index in [0.717, 1.165) is 61.3 Å². The predicted molar refractivity (Wildman–Crippen MR) is 289 cm³/mol. The minimum atomic E-state index is -5.08. The lowest BCUT2D eigenvalue weighted by Crippen LogP contribution is -2.63. The average molecular weight is 1170 g/mol. The van der Waals surface area contributed by atoms with Gasteiger partial charge in [-0.15, -0.1) is 0 Å². The second-order valence-electron chi connectivity index (χ2n) is 22.2. The Hall–Kier alpha value is -5.35. The lowest BCUT2D eigenvalue weighted by atomic mass is 9.89. The summed E-state index contributed by atoms with van der Waals surface area (Å²) in [4.78, 5) is 131. The Bertz CT molecular complexity index is 2310. The molecule has 27 nitrogen and oxygen atoms in total. The van der Waals surface area contributed by atoms with Crippen LogP contribution in [0.2, 0.25) is 0 Å². The van der Waals surface area contributed by atoms with Crippen LogP contribution in [0.3, 0.4) is 0 Å². The summed E-state index contributed by atoms with van der Waals surface area (Å²) in [7, 11) is -5.08. The van der Waals surface area contributed by atoms with Crippen LogP contribution in [0.25, 0.3) is 0 Å². The molecule has 3 aliphatic heterocycles. The van der Waals surface area contributed by atoms with Crippen LogP contribution in [0.4, 0.5) is 0 Å². The molecular formula is C53H87N8O19P. The van der Waals surface area contributed by atoms with Crippen LogP contribution < -0.4 is 36.8 Å². The molecule has 28 heteroatoms. The molecule has 4 unspecified atom stereocenters. The second kappa shape index (κ2) is 32.5. The highest BCUT2D eigenvalue weighted by Crippen LogP contribution is 2.38. The number of hydrogen-bond donors (Lipinski definition) is 15. The molecule has 3 saturated heterocycles. The quantitative estimate of drug-likeness (QED) is 0.0391. The zero-order chi connectivity index (χ0) is 60.3. The first kappa shape index (κ1) is 68.2. The van der Waals surface area contributed by atoms with Crippen molar-refractivity contribution in [2.45, 2.75) is 210 Å². The Morgan fingerprint density at radius 2 is 1.35 bits per heavy atom. The molecule has 3 aliphatic rings. The van der Waals surface area contributed by atoms with Gasteiger partial charge in [0.2, 0.25) is 47.3 Å². The highest BCUT2D eigenvalue weighted by molar-refractivity contribution is 7.46. The fraction of sp³-hybridized carbons (Fsp3) is 0.736. The number of phosphoric ester groups is 1. The molecule has 0 radical (unpaired) electrons. The number of primary amides is 1. The van der Waals surface area contributed by atoms with E-state index in [-0.39, 0.29) is 12.0 Å². The van der Waals surface area contributed by atoms with E-state index in [0.29, 0.717) is 29.6 Å². The van der Waals surface area contributed by atoms with E-state index in [1.807, 2.05) is 0 Å². The van der Waals surface area contributed by atoms with E-state index >= 15 is 0 Å². The molecule has 4 rings (SSSR count). The van der Waals surface area contributed by atoms with Crippen molar-refractivity contribution in [1.82, 2.24) is 36.4 Å². The maximum atomic E-state index is 14.6. The van der Waals surface area contributed by atoms with E-state index in [1.54, 1.807) is 0 Å². The smallest absolute Gasteiger partial charge is 0.404 e. The number of amides is 8. The minimum Gasteiger partial charge on any atom is -0.404 e. The van der Waals surface area contributed by atoms with Crippen LogP contribution >= 0.6 is 7.82 Å². The van der Waals surface area contributed by atoms with E-state index in [4.69, 9.17) is 5.73 Å². The number of carbonyl (C=O) groups is 8. The topological polar surface area (TPSA) is 438 Å². The highest BCUT2D eigenvalue weighted by atomic mass is 31.2. The van der Waals surface area contributed by atoms with Crippen molar-refractivity contribution in [3.05, 3.63) is 29.8 Å². The van der Waals surface area contributed by atoms with Gasteiger partial charge in [-0.25, -0.2) is 4.57 Å². The van der Waals surface area contributed by atoms with Gasteiger partial charge in [0.25, 0.3) is 0 Å². The van der Waals surface area contributed by atoms with Gasteiger partial charge in [0.15, 0.2) is 6.23 Å². The molecule has 0 aliphatic carbocycles. The minimum absolute atomic E-state index is 0.0860. The Kier molecular flexibility index (Phi) is 27.3. The molecule has 3 heterocycles. The van der Waals surface area contributed by atoms with Gasteiger partial charge < -0.3 is 82.4 Å². The summed E-state index contributed by atoms with van der Waals surface area (Å²) in [5.41, 5.74) is 5.10. The van der Waals surface area contributed by atoms with Crippen molar-refractivity contribution in [2.75, 3.05) is 19.7 Å². The third kappa shape index (κ3) is 21.1. The van der Waals surface area contributed by atoms with Gasteiger partial charge in [0.1, 0.15) is 54.2 Å². The van der Waals surface area contributed by atoms with Gasteiger partial charge in [-0.05, 0) is 42.4 Å². The van der Waals surface area contributed by atoms with Gasteiger partial charge >= 0.3 is 7.82 Å². The number of benzene rings is 1. The van der Waals surface area contributed by atoms with Gasteiger partial charge in [-0.3, -0.25) is 48.1 Å². The molecule has 3 fully saturated rings. The van der Waals surface area contributed by atoms with E-state index in [1.165, 1.54) is 45.4 Å². The van der Waals surface area contributed by atoms with Crippen LogP contribution in [0.5, 0.6) is 5.75 Å². The van der Waals surface area contributed by atoms with Crippen molar-refractivity contribution < 1.29 is 93.0 Å². The van der Waals surface area contributed by atoms with Gasteiger partial charge in [-0.2, -0.15) is 0 Å². The third-order valence-electron chi connectivity index (χ3n) is 15.1. The first-order valence-electron chi connectivity index (χ1n) is 28.1. The van der Waals surface area contributed by atoms with Gasteiger partial charge in [0, 0.05) is 38.3 Å². The summed E-state index contributed by atoms with van der Waals surface area (Å²) in [5, 5.41) is 89.5. The fourth-order valence-electron chi connectivity index (χ4n) is 10.7. The van der Waals surface area contributed by atoms with Crippen molar-refractivity contribution in [1.29, 1.82) is 0 Å². The Morgan fingerprint density at radius 3 is 1.94 bits per heavy atom. The summed E-state index contributed by atoms with van der Waals surface area (Å²) < 4.78 is 16.0. The standard InChI is InChI=1S/C53H87N8O19P/c1-5-6-7-12-15-29(2)22-30(3)16-13-10-8-9-11-14-17-41(67)55-35-24-39(65)49(72)59-51(74)44-45(68)31(4)26-61(44)53(76)42(38(64)25-40(54)66)57-50(73)43(46(69)32-18-20-34(21-19-32)80-81(77,78)79)58-48(71)37-23-33(63)27-60(37)52(75)36(28-62)56-47(35)70/h18-21,29-31,33,35-39,42-46,49,62-65,68-69,72H,5-17,22-28H2,1-4H3,(H2,54,66)(H,55,67)(H,56,70)(H,57,73)(H,58,71)(H,59,74)(H2,77,78,79)/t29?,30?,31-,33+,35-,36-,37-,38?,39+,42-,43-,44-,45-,46?,49+/m0/s1. The maximum absolute atomic E-state index is 14.6. The molecule has 15 atom stereocenters. The molecule has 0 spiro atoms. The summed E-state index contributed by atoms with van der Waals surface area (Å²) in [6.07, 6.45) is -0.851. The second-order valence-corrected chi connectivity index (χ2v) is 23.3. The summed E-state index contributed by atoms with van der Waals surface area (Å²) in [5.74, 6) is -9.65. The first-order chi connectivity index (χ1) is 38.1. The molecule has 1 aromatic rings. The SMILES string of the molecule is CCCCCCC(C)CC(C)CCCCCCCCC(=O)N[C@H]1C[C@@H](O)[C@@H](O)NC(=O)[C@@H]2[C@@H](O)[C@@H](C)CN2C(=O)[C@H](C(O)CC(N)=O)NC(=O)[C@H](C(O)c2ccc(OP(=O)(O)O)cc2)NC(=O)[C@@H]2C[C@@H](O)CN2C(=O)[C@H](CO)NC1=O. The van der Waals surface area contributed by atoms with Gasteiger partial charge in [0.05, 0.1) is 31.3 Å². The number of hydrogen-bond acceptors (Lipinski definition) is 17. The van der Waals surface area contributed by atoms with Crippen molar-refractivity contribution in [3.63, 3.8) is 0 Å². The number of phosphoric acid groups is 1. The Balaban J connectivity index is 1.63. The summed E-state index contributed by atoms with van der Waals surface area (Å²) >= 11 is 0. The third-order valence-corrected chi connectivity index (χ3v) is 15.6. The van der Waals surface area contributed by atoms with Crippen molar-refractivity contribution in [3.8, 4) is 5.75 Å². The number of fused-ring (bicyclic) bond motifs is 2. The average Bonchev–Trinajstić information content (AvgIpc) is 4.14. The lowest BCUT2D eigenvalue weighted by molar-refractivity contribution is -0.148. The molecule has 0 aromatic heterocycles. The molecule has 1 aromatic carbocycles. The van der Waals surface area contributed by atoms with Crippen LogP contribution in [0.15, 0.2) is 24.3 Å². The monoisotopic (exact) mass is 1170 g/mol. The lowest BCUT2D eigenvalue weighted by Gasteiger charge is -2.34. The van der Waals surface area contributed by atoms with Crippen LogP contribution in [-0.2, 0) is 42.9 Å². The summed E-state index contributed by atoms with van der Waals surface area (Å²) in [6, 6.07) is -7.89. The number of aliphatic hydroxyl groups is 7. The Labute approximate surface area is 471 Å².